The molecule has 2 rings (SSSR count). The molecule has 1 saturated carbocycles. The van der Waals surface area contributed by atoms with Gasteiger partial charge >= 0.3 is 0 Å². The van der Waals surface area contributed by atoms with Crippen molar-refractivity contribution in [3.05, 3.63) is 35.9 Å². The maximum Gasteiger partial charge on any atom is 0.223 e. The molecule has 0 aliphatic heterocycles. The molecule has 4 N–H and O–H groups in total. The Morgan fingerprint density at radius 3 is 2.48 bits per heavy atom. The topological polar surface area (TPSA) is 75.3 Å². The minimum atomic E-state index is -0.679. The number of aliphatic hydroxyl groups excluding tert-OH is 1. The van der Waals surface area contributed by atoms with E-state index in [0.717, 1.165) is 24.4 Å². The van der Waals surface area contributed by atoms with E-state index in [9.17, 15) is 9.90 Å². The van der Waals surface area contributed by atoms with Gasteiger partial charge in [-0.25, -0.2) is 0 Å². The molecule has 1 aromatic carbocycles. The van der Waals surface area contributed by atoms with Crippen molar-refractivity contribution >= 4 is 5.91 Å². The smallest absolute Gasteiger partial charge is 0.223 e. The predicted octanol–water partition coefficient (Wildman–Crippen LogP) is 3.67. The number of benzene rings is 1. The molecule has 0 saturated heterocycles. The summed E-state index contributed by atoms with van der Waals surface area (Å²) in [5.41, 5.74) is 7.33. The molecule has 4 nitrogen and oxygen atoms in total. The third-order valence-corrected chi connectivity index (χ3v) is 6.02. The standard InChI is InChI=1S/C23H38N2O2/c1-17(2)20(23(27)25-14-13-18-9-5-3-6-10-18)16-22(26)21(24)15-19-11-7-4-8-12-19/h4,7-8,11-12,17-18,20-22,26H,3,5-6,9-10,13-16,24H2,1-2H3,(H,25,27)/t20-,21-,22-/m0/s1. The summed E-state index contributed by atoms with van der Waals surface area (Å²) in [6.07, 6.45) is 8.06. The zero-order valence-corrected chi connectivity index (χ0v) is 17.1. The number of nitrogens with two attached hydrogens (primary N) is 1. The molecule has 0 radical (unpaired) electrons. The monoisotopic (exact) mass is 374 g/mol. The average Bonchev–Trinajstić information content (AvgIpc) is 2.67. The summed E-state index contributed by atoms with van der Waals surface area (Å²) in [5, 5.41) is 13.7. The highest BCUT2D eigenvalue weighted by Gasteiger charge is 2.28. The second kappa shape index (κ2) is 11.5. The summed E-state index contributed by atoms with van der Waals surface area (Å²) in [4.78, 5) is 12.7. The molecule has 4 heteroatoms. The Hall–Kier alpha value is -1.39. The van der Waals surface area contributed by atoms with Gasteiger partial charge in [0.15, 0.2) is 0 Å². The van der Waals surface area contributed by atoms with Crippen molar-refractivity contribution in [3.63, 3.8) is 0 Å². The minimum Gasteiger partial charge on any atom is -0.391 e. The zero-order chi connectivity index (χ0) is 19.6. The third kappa shape index (κ3) is 7.63. The summed E-state index contributed by atoms with van der Waals surface area (Å²) >= 11 is 0. The lowest BCUT2D eigenvalue weighted by atomic mass is 9.85. The second-order valence-electron chi connectivity index (χ2n) is 8.59. The quantitative estimate of drug-likeness (QED) is 0.585. The van der Waals surface area contributed by atoms with E-state index in [1.807, 2.05) is 44.2 Å². The van der Waals surface area contributed by atoms with Crippen LogP contribution < -0.4 is 11.1 Å². The van der Waals surface area contributed by atoms with Crippen molar-refractivity contribution in [2.45, 2.75) is 77.4 Å². The van der Waals surface area contributed by atoms with Gasteiger partial charge in [0.2, 0.25) is 5.91 Å². The molecule has 1 aliphatic rings. The Morgan fingerprint density at radius 1 is 1.19 bits per heavy atom. The molecule has 0 spiro atoms. The van der Waals surface area contributed by atoms with E-state index in [2.05, 4.69) is 5.32 Å². The van der Waals surface area contributed by atoms with E-state index in [0.29, 0.717) is 12.8 Å². The molecular formula is C23H38N2O2. The Balaban J connectivity index is 1.79. The number of carbonyl (C=O) groups excluding carboxylic acids is 1. The van der Waals surface area contributed by atoms with Gasteiger partial charge in [-0.3, -0.25) is 4.79 Å². The van der Waals surface area contributed by atoms with Crippen LogP contribution in [0.1, 0.15) is 64.4 Å². The van der Waals surface area contributed by atoms with E-state index >= 15 is 0 Å². The van der Waals surface area contributed by atoms with Crippen LogP contribution >= 0.6 is 0 Å². The van der Waals surface area contributed by atoms with Crippen molar-refractivity contribution in [3.8, 4) is 0 Å². The Labute approximate surface area is 164 Å². The molecule has 1 aromatic rings. The van der Waals surface area contributed by atoms with Gasteiger partial charge in [-0.1, -0.05) is 76.3 Å². The van der Waals surface area contributed by atoms with E-state index in [4.69, 9.17) is 5.73 Å². The SMILES string of the molecule is CC(C)[C@H](C[C@H](O)[C@@H](N)Cc1ccccc1)C(=O)NCCC1CCCCC1. The number of hydrogen-bond donors (Lipinski definition) is 3. The molecule has 1 fully saturated rings. The van der Waals surface area contributed by atoms with E-state index < -0.39 is 6.10 Å². The van der Waals surface area contributed by atoms with Gasteiger partial charge in [0.25, 0.3) is 0 Å². The fourth-order valence-electron chi connectivity index (χ4n) is 4.15. The van der Waals surface area contributed by atoms with E-state index in [1.54, 1.807) is 0 Å². The van der Waals surface area contributed by atoms with Gasteiger partial charge in [0, 0.05) is 18.5 Å². The van der Waals surface area contributed by atoms with Crippen molar-refractivity contribution in [1.82, 2.24) is 5.32 Å². The molecule has 0 heterocycles. The predicted molar refractivity (Wildman–Crippen MR) is 111 cm³/mol. The number of rotatable bonds is 10. The maximum absolute atomic E-state index is 12.7. The molecule has 1 amide bonds. The number of amides is 1. The Morgan fingerprint density at radius 2 is 1.85 bits per heavy atom. The van der Waals surface area contributed by atoms with Gasteiger partial charge in [-0.05, 0) is 36.7 Å². The largest absolute Gasteiger partial charge is 0.391 e. The minimum absolute atomic E-state index is 0.0618. The zero-order valence-electron chi connectivity index (χ0n) is 17.1. The van der Waals surface area contributed by atoms with Crippen molar-refractivity contribution < 1.29 is 9.90 Å². The molecule has 152 valence electrons. The first-order valence-corrected chi connectivity index (χ1v) is 10.7. The van der Waals surface area contributed by atoms with Gasteiger partial charge in [0.1, 0.15) is 0 Å². The summed E-state index contributed by atoms with van der Waals surface area (Å²) in [7, 11) is 0. The van der Waals surface area contributed by atoms with Crippen molar-refractivity contribution in [2.75, 3.05) is 6.54 Å². The van der Waals surface area contributed by atoms with Crippen LogP contribution in [-0.2, 0) is 11.2 Å². The van der Waals surface area contributed by atoms with Crippen LogP contribution in [-0.4, -0.2) is 29.7 Å². The highest BCUT2D eigenvalue weighted by Crippen LogP contribution is 2.26. The van der Waals surface area contributed by atoms with Gasteiger partial charge < -0.3 is 16.2 Å². The van der Waals surface area contributed by atoms with E-state index in [1.165, 1.54) is 32.1 Å². The summed E-state index contributed by atoms with van der Waals surface area (Å²) in [6, 6.07) is 9.60. The van der Waals surface area contributed by atoms with Crippen LogP contribution in [0, 0.1) is 17.8 Å². The highest BCUT2D eigenvalue weighted by atomic mass is 16.3. The summed E-state index contributed by atoms with van der Waals surface area (Å²) in [5.74, 6) is 0.805. The first-order chi connectivity index (χ1) is 13.0. The van der Waals surface area contributed by atoms with Crippen LogP contribution in [0.2, 0.25) is 0 Å². The van der Waals surface area contributed by atoms with Gasteiger partial charge in [0.05, 0.1) is 6.10 Å². The molecule has 27 heavy (non-hydrogen) atoms. The molecule has 0 aromatic heterocycles. The van der Waals surface area contributed by atoms with Gasteiger partial charge in [-0.2, -0.15) is 0 Å². The first kappa shape index (κ1) is 21.9. The lowest BCUT2D eigenvalue weighted by Gasteiger charge is -2.27. The number of nitrogens with one attached hydrogen (secondary N) is 1. The molecule has 0 unspecified atom stereocenters. The molecule has 0 bridgehead atoms. The first-order valence-electron chi connectivity index (χ1n) is 10.7. The fourth-order valence-corrected chi connectivity index (χ4v) is 4.15. The van der Waals surface area contributed by atoms with Crippen molar-refractivity contribution in [1.29, 1.82) is 0 Å². The fraction of sp³-hybridized carbons (Fsp3) is 0.696. The number of carbonyl (C=O) groups is 1. The highest BCUT2D eigenvalue weighted by molar-refractivity contribution is 5.78. The number of aliphatic hydroxyl groups is 1. The molecular weight excluding hydrogens is 336 g/mol. The normalized spacial score (nSPS) is 18.9. The summed E-state index contributed by atoms with van der Waals surface area (Å²) in [6.45, 7) is 4.83. The van der Waals surface area contributed by atoms with Crippen molar-refractivity contribution in [2.24, 2.45) is 23.5 Å². The van der Waals surface area contributed by atoms with Crippen LogP contribution in [0.15, 0.2) is 30.3 Å². The second-order valence-corrected chi connectivity index (χ2v) is 8.59. The van der Waals surface area contributed by atoms with Crippen LogP contribution in [0.5, 0.6) is 0 Å². The average molecular weight is 375 g/mol. The van der Waals surface area contributed by atoms with E-state index in [-0.39, 0.29) is 23.8 Å². The lowest BCUT2D eigenvalue weighted by molar-refractivity contribution is -0.127. The third-order valence-electron chi connectivity index (χ3n) is 6.02. The lowest BCUT2D eigenvalue weighted by Crippen LogP contribution is -2.42. The van der Waals surface area contributed by atoms with Crippen LogP contribution in [0.25, 0.3) is 0 Å². The summed E-state index contributed by atoms with van der Waals surface area (Å²) < 4.78 is 0. The Bertz CT molecular complexity index is 541. The maximum atomic E-state index is 12.7. The van der Waals surface area contributed by atoms with Gasteiger partial charge in [-0.15, -0.1) is 0 Å². The van der Waals surface area contributed by atoms with Crippen LogP contribution in [0.3, 0.4) is 0 Å². The molecule has 1 aliphatic carbocycles. The number of hydrogen-bond acceptors (Lipinski definition) is 3. The Kier molecular flexibility index (Phi) is 9.29. The van der Waals surface area contributed by atoms with Crippen LogP contribution in [0.4, 0.5) is 0 Å². The molecule has 3 atom stereocenters.